The topological polar surface area (TPSA) is 111 Å². The van der Waals surface area contributed by atoms with E-state index in [-0.39, 0.29) is 6.04 Å². The molecule has 37 heavy (non-hydrogen) atoms. The summed E-state index contributed by atoms with van der Waals surface area (Å²) in [6.45, 7) is 7.07. The number of aromatic nitrogens is 7. The van der Waals surface area contributed by atoms with Gasteiger partial charge in [0.2, 0.25) is 0 Å². The van der Waals surface area contributed by atoms with Gasteiger partial charge in [-0.05, 0) is 51.9 Å². The van der Waals surface area contributed by atoms with Crippen molar-refractivity contribution in [2.24, 2.45) is 11.7 Å². The molecule has 2 aromatic heterocycles. The van der Waals surface area contributed by atoms with E-state index in [2.05, 4.69) is 89.1 Å². The van der Waals surface area contributed by atoms with Crippen molar-refractivity contribution in [2.75, 3.05) is 0 Å². The quantitative estimate of drug-likeness (QED) is 0.283. The number of nitrogens with two attached hydrogens (primary N) is 1. The highest BCUT2D eigenvalue weighted by molar-refractivity contribution is 5.80. The number of benzene rings is 3. The van der Waals surface area contributed by atoms with Crippen LogP contribution in [-0.4, -0.2) is 35.4 Å². The fourth-order valence-corrected chi connectivity index (χ4v) is 4.35. The zero-order chi connectivity index (χ0) is 25.8. The SMILES string of the molecule is CC(C)CCc1nc(-c2ccc(C(C)N)cc2)n(Cc2ccc(-c3ccccc3-c3nnn[nH]3)cc2)n1. The molecule has 0 saturated carbocycles. The van der Waals surface area contributed by atoms with E-state index in [1.807, 2.05) is 29.8 Å². The molecule has 0 aliphatic carbocycles. The number of H-pyrrole nitrogens is 1. The molecule has 8 heteroatoms. The van der Waals surface area contributed by atoms with Crippen molar-refractivity contribution in [2.45, 2.75) is 46.2 Å². The largest absolute Gasteiger partial charge is 0.324 e. The molecule has 0 aliphatic rings. The van der Waals surface area contributed by atoms with Crippen LogP contribution < -0.4 is 5.73 Å². The molecule has 2 heterocycles. The third-order valence-electron chi connectivity index (χ3n) is 6.48. The number of hydrogen-bond donors (Lipinski definition) is 2. The molecule has 8 nitrogen and oxygen atoms in total. The summed E-state index contributed by atoms with van der Waals surface area (Å²) in [5, 5.41) is 19.3. The molecule has 0 spiro atoms. The van der Waals surface area contributed by atoms with E-state index >= 15 is 0 Å². The lowest BCUT2D eigenvalue weighted by Gasteiger charge is -2.10. The second kappa shape index (κ2) is 10.8. The molecule has 5 rings (SSSR count). The number of aromatic amines is 1. The molecule has 0 amide bonds. The molecule has 0 aliphatic heterocycles. The van der Waals surface area contributed by atoms with Gasteiger partial charge in [-0.1, -0.05) is 86.6 Å². The molecule has 0 saturated heterocycles. The van der Waals surface area contributed by atoms with Crippen LogP contribution in [0.15, 0.2) is 72.8 Å². The summed E-state index contributed by atoms with van der Waals surface area (Å²) in [4.78, 5) is 4.93. The van der Waals surface area contributed by atoms with Crippen LogP contribution in [0.25, 0.3) is 33.9 Å². The average Bonchev–Trinajstić information content (AvgIpc) is 3.59. The summed E-state index contributed by atoms with van der Waals surface area (Å²) in [5.74, 6) is 3.01. The molecule has 0 bridgehead atoms. The fraction of sp³-hybridized carbons (Fsp3) is 0.276. The first-order valence-corrected chi connectivity index (χ1v) is 12.7. The Labute approximate surface area is 217 Å². The van der Waals surface area contributed by atoms with Crippen LogP contribution in [0.4, 0.5) is 0 Å². The summed E-state index contributed by atoms with van der Waals surface area (Å²) in [5.41, 5.74) is 12.5. The number of rotatable bonds is 9. The van der Waals surface area contributed by atoms with Gasteiger partial charge in [-0.15, -0.1) is 5.10 Å². The third-order valence-corrected chi connectivity index (χ3v) is 6.48. The van der Waals surface area contributed by atoms with Crippen LogP contribution in [-0.2, 0) is 13.0 Å². The van der Waals surface area contributed by atoms with Gasteiger partial charge in [-0.25, -0.2) is 14.8 Å². The van der Waals surface area contributed by atoms with E-state index < -0.39 is 0 Å². The van der Waals surface area contributed by atoms with E-state index in [9.17, 15) is 0 Å². The van der Waals surface area contributed by atoms with E-state index in [0.717, 1.165) is 57.9 Å². The Morgan fingerprint density at radius 3 is 2.22 bits per heavy atom. The predicted octanol–water partition coefficient (Wildman–Crippen LogP) is 5.45. The van der Waals surface area contributed by atoms with E-state index in [1.165, 1.54) is 0 Å². The molecular formula is C29H32N8. The van der Waals surface area contributed by atoms with Crippen molar-refractivity contribution in [1.29, 1.82) is 0 Å². The molecule has 188 valence electrons. The minimum Gasteiger partial charge on any atom is -0.324 e. The second-order valence-electron chi connectivity index (χ2n) is 9.84. The van der Waals surface area contributed by atoms with E-state index in [1.54, 1.807) is 0 Å². The van der Waals surface area contributed by atoms with E-state index in [4.69, 9.17) is 15.8 Å². The summed E-state index contributed by atoms with van der Waals surface area (Å²) in [7, 11) is 0. The van der Waals surface area contributed by atoms with E-state index in [0.29, 0.717) is 18.3 Å². The van der Waals surface area contributed by atoms with Gasteiger partial charge < -0.3 is 5.73 Å². The number of nitrogens with zero attached hydrogens (tertiary/aromatic N) is 6. The van der Waals surface area contributed by atoms with Crippen molar-refractivity contribution in [3.8, 4) is 33.9 Å². The van der Waals surface area contributed by atoms with Crippen molar-refractivity contribution in [1.82, 2.24) is 35.4 Å². The van der Waals surface area contributed by atoms with Crippen molar-refractivity contribution in [3.05, 3.63) is 89.7 Å². The summed E-state index contributed by atoms with van der Waals surface area (Å²) >= 11 is 0. The smallest absolute Gasteiger partial charge is 0.180 e. The number of nitrogens with one attached hydrogen (secondary N) is 1. The van der Waals surface area contributed by atoms with Gasteiger partial charge in [0.25, 0.3) is 0 Å². The van der Waals surface area contributed by atoms with Crippen LogP contribution in [0.3, 0.4) is 0 Å². The Balaban J connectivity index is 1.43. The zero-order valence-electron chi connectivity index (χ0n) is 21.5. The van der Waals surface area contributed by atoms with Gasteiger partial charge in [0.15, 0.2) is 17.5 Å². The molecule has 0 fully saturated rings. The van der Waals surface area contributed by atoms with Crippen molar-refractivity contribution < 1.29 is 0 Å². The lowest BCUT2D eigenvalue weighted by molar-refractivity contribution is 0.569. The molecule has 1 atom stereocenters. The highest BCUT2D eigenvalue weighted by atomic mass is 15.5. The van der Waals surface area contributed by atoms with Crippen LogP contribution in [0, 0.1) is 5.92 Å². The first-order chi connectivity index (χ1) is 18.0. The maximum atomic E-state index is 6.05. The normalized spacial score (nSPS) is 12.2. The number of hydrogen-bond acceptors (Lipinski definition) is 6. The van der Waals surface area contributed by atoms with Gasteiger partial charge in [-0.3, -0.25) is 0 Å². The Morgan fingerprint density at radius 2 is 1.57 bits per heavy atom. The maximum Gasteiger partial charge on any atom is 0.180 e. The zero-order valence-corrected chi connectivity index (χ0v) is 21.5. The van der Waals surface area contributed by atoms with Crippen LogP contribution >= 0.6 is 0 Å². The molecule has 5 aromatic rings. The minimum atomic E-state index is -0.00233. The van der Waals surface area contributed by atoms with Gasteiger partial charge in [0.05, 0.1) is 6.54 Å². The molecular weight excluding hydrogens is 460 g/mol. The Morgan fingerprint density at radius 1 is 0.865 bits per heavy atom. The van der Waals surface area contributed by atoms with Crippen molar-refractivity contribution >= 4 is 0 Å². The number of aryl methyl sites for hydroxylation is 1. The summed E-state index contributed by atoms with van der Waals surface area (Å²) in [6, 6.07) is 25.0. The fourth-order valence-electron chi connectivity index (χ4n) is 4.35. The minimum absolute atomic E-state index is 0.00233. The van der Waals surface area contributed by atoms with Crippen molar-refractivity contribution in [3.63, 3.8) is 0 Å². The predicted molar refractivity (Wildman–Crippen MR) is 145 cm³/mol. The molecule has 0 radical (unpaired) electrons. The molecule has 3 aromatic carbocycles. The van der Waals surface area contributed by atoms with Gasteiger partial charge in [-0.2, -0.15) is 5.10 Å². The lowest BCUT2D eigenvalue weighted by Crippen LogP contribution is -2.06. The second-order valence-corrected chi connectivity index (χ2v) is 9.84. The Kier molecular flexibility index (Phi) is 7.18. The van der Waals surface area contributed by atoms with Crippen LogP contribution in [0.2, 0.25) is 0 Å². The molecule has 1 unspecified atom stereocenters. The third kappa shape index (κ3) is 5.65. The highest BCUT2D eigenvalue weighted by Gasteiger charge is 2.15. The van der Waals surface area contributed by atoms with Gasteiger partial charge >= 0.3 is 0 Å². The maximum absolute atomic E-state index is 6.05. The van der Waals surface area contributed by atoms with Crippen LogP contribution in [0.5, 0.6) is 0 Å². The first kappa shape index (κ1) is 24.5. The molecule has 3 N–H and O–H groups in total. The summed E-state index contributed by atoms with van der Waals surface area (Å²) in [6.07, 6.45) is 1.92. The first-order valence-electron chi connectivity index (χ1n) is 12.7. The average molecular weight is 493 g/mol. The highest BCUT2D eigenvalue weighted by Crippen LogP contribution is 2.30. The van der Waals surface area contributed by atoms with Gasteiger partial charge in [0, 0.05) is 23.6 Å². The Bertz CT molecular complexity index is 1430. The number of tetrazole rings is 1. The Hall–Kier alpha value is -4.17. The standard InChI is InChI=1S/C29H32N8/c1-19(2)8-17-27-31-29(24-15-13-22(14-16-24)20(3)30)37(34-27)18-21-9-11-23(12-10-21)25-6-4-5-7-26(25)28-32-35-36-33-28/h4-7,9-16,19-20H,8,17-18,30H2,1-3H3,(H,32,33,35,36). The monoisotopic (exact) mass is 492 g/mol. The van der Waals surface area contributed by atoms with Crippen LogP contribution in [0.1, 0.15) is 50.2 Å². The van der Waals surface area contributed by atoms with Gasteiger partial charge in [0.1, 0.15) is 0 Å². The summed E-state index contributed by atoms with van der Waals surface area (Å²) < 4.78 is 2.01. The lowest BCUT2D eigenvalue weighted by atomic mass is 9.98.